The second kappa shape index (κ2) is 8.33. The predicted molar refractivity (Wildman–Crippen MR) is 105 cm³/mol. The summed E-state index contributed by atoms with van der Waals surface area (Å²) in [5.74, 6) is -0.526. The maximum Gasteiger partial charge on any atom is 0.246 e. The standard InChI is InChI=1S/C19H18BrFN2O3S/c20-16-4-8-18(9-5-16)27(25,26)23-13-11-22(12-14-23)19(24)10-3-15-1-6-17(21)7-2-15/h1-10H,11-14H2. The number of carbonyl (C=O) groups excluding carboxylic acids is 1. The maximum atomic E-state index is 12.9. The third-order valence-electron chi connectivity index (χ3n) is 4.29. The van der Waals surface area contributed by atoms with Gasteiger partial charge in [-0.15, -0.1) is 0 Å². The van der Waals surface area contributed by atoms with Crippen molar-refractivity contribution in [1.82, 2.24) is 9.21 Å². The Labute approximate surface area is 166 Å². The Morgan fingerprint density at radius 1 is 0.963 bits per heavy atom. The molecule has 0 radical (unpaired) electrons. The van der Waals surface area contributed by atoms with Crippen molar-refractivity contribution in [2.75, 3.05) is 26.2 Å². The minimum absolute atomic E-state index is 0.194. The molecule has 1 fully saturated rings. The first-order chi connectivity index (χ1) is 12.9. The quantitative estimate of drug-likeness (QED) is 0.669. The minimum Gasteiger partial charge on any atom is -0.337 e. The van der Waals surface area contributed by atoms with Gasteiger partial charge >= 0.3 is 0 Å². The third-order valence-corrected chi connectivity index (χ3v) is 6.73. The van der Waals surface area contributed by atoms with Gasteiger partial charge in [0.15, 0.2) is 0 Å². The number of halogens is 2. The van der Waals surface area contributed by atoms with Crippen molar-refractivity contribution in [1.29, 1.82) is 0 Å². The molecule has 0 bridgehead atoms. The second-order valence-electron chi connectivity index (χ2n) is 6.07. The van der Waals surface area contributed by atoms with Crippen molar-refractivity contribution in [3.8, 4) is 0 Å². The summed E-state index contributed by atoms with van der Waals surface area (Å²) in [6, 6.07) is 12.3. The summed E-state index contributed by atoms with van der Waals surface area (Å²) in [7, 11) is -3.57. The lowest BCUT2D eigenvalue weighted by Crippen LogP contribution is -2.50. The van der Waals surface area contributed by atoms with Gasteiger partial charge in [-0.1, -0.05) is 28.1 Å². The van der Waals surface area contributed by atoms with E-state index >= 15 is 0 Å². The molecule has 0 unspecified atom stereocenters. The van der Waals surface area contributed by atoms with Gasteiger partial charge in [0.25, 0.3) is 0 Å². The first-order valence-electron chi connectivity index (χ1n) is 8.34. The molecule has 1 aliphatic heterocycles. The van der Waals surface area contributed by atoms with Crippen molar-refractivity contribution < 1.29 is 17.6 Å². The molecule has 0 N–H and O–H groups in total. The smallest absolute Gasteiger partial charge is 0.246 e. The molecule has 142 valence electrons. The summed E-state index contributed by atoms with van der Waals surface area (Å²) in [6.45, 7) is 1.13. The van der Waals surface area contributed by atoms with E-state index in [1.54, 1.807) is 47.4 Å². The van der Waals surface area contributed by atoms with Crippen molar-refractivity contribution in [2.24, 2.45) is 0 Å². The number of amides is 1. The van der Waals surface area contributed by atoms with E-state index in [4.69, 9.17) is 0 Å². The van der Waals surface area contributed by atoms with Crippen molar-refractivity contribution in [3.63, 3.8) is 0 Å². The summed E-state index contributed by atoms with van der Waals surface area (Å²) in [4.78, 5) is 14.1. The fourth-order valence-electron chi connectivity index (χ4n) is 2.75. The van der Waals surface area contributed by atoms with Gasteiger partial charge in [-0.25, -0.2) is 12.8 Å². The topological polar surface area (TPSA) is 57.7 Å². The normalized spacial score (nSPS) is 16.0. The highest BCUT2D eigenvalue weighted by Crippen LogP contribution is 2.20. The Morgan fingerprint density at radius 3 is 2.15 bits per heavy atom. The summed E-state index contributed by atoms with van der Waals surface area (Å²) < 4.78 is 40.5. The lowest BCUT2D eigenvalue weighted by Gasteiger charge is -2.33. The van der Waals surface area contributed by atoms with Gasteiger partial charge in [0.1, 0.15) is 5.82 Å². The Kier molecular flexibility index (Phi) is 6.08. The van der Waals surface area contributed by atoms with Crippen LogP contribution >= 0.6 is 15.9 Å². The number of benzene rings is 2. The molecule has 0 saturated carbocycles. The fraction of sp³-hybridized carbons (Fsp3) is 0.211. The first-order valence-corrected chi connectivity index (χ1v) is 10.6. The number of sulfonamides is 1. The number of rotatable bonds is 4. The van der Waals surface area contributed by atoms with E-state index in [2.05, 4.69) is 15.9 Å². The van der Waals surface area contributed by atoms with Crippen molar-refractivity contribution >= 4 is 37.9 Å². The van der Waals surface area contributed by atoms with Gasteiger partial charge in [-0.05, 0) is 48.0 Å². The molecule has 1 saturated heterocycles. The molecule has 2 aromatic rings. The lowest BCUT2D eigenvalue weighted by molar-refractivity contribution is -0.127. The Hall–Kier alpha value is -2.03. The highest BCUT2D eigenvalue weighted by atomic mass is 79.9. The van der Waals surface area contributed by atoms with Gasteiger partial charge in [0.05, 0.1) is 4.90 Å². The zero-order valence-electron chi connectivity index (χ0n) is 14.4. The second-order valence-corrected chi connectivity index (χ2v) is 8.92. The highest BCUT2D eigenvalue weighted by Gasteiger charge is 2.29. The van der Waals surface area contributed by atoms with Crippen LogP contribution in [0.2, 0.25) is 0 Å². The van der Waals surface area contributed by atoms with Gasteiger partial charge in [0, 0.05) is 36.7 Å². The Balaban J connectivity index is 1.60. The Morgan fingerprint density at radius 2 is 1.56 bits per heavy atom. The molecule has 0 spiro atoms. The molecule has 0 atom stereocenters. The molecule has 27 heavy (non-hydrogen) atoms. The average Bonchev–Trinajstić information content (AvgIpc) is 2.68. The Bertz CT molecular complexity index is 936. The van der Waals surface area contributed by atoms with Gasteiger partial charge < -0.3 is 4.90 Å². The number of hydrogen-bond acceptors (Lipinski definition) is 3. The van der Waals surface area contributed by atoms with Crippen LogP contribution in [0.4, 0.5) is 4.39 Å². The van der Waals surface area contributed by atoms with Crippen LogP contribution in [-0.2, 0) is 14.8 Å². The average molecular weight is 453 g/mol. The van der Waals surface area contributed by atoms with E-state index in [-0.39, 0.29) is 29.7 Å². The van der Waals surface area contributed by atoms with Crippen LogP contribution < -0.4 is 0 Å². The van der Waals surface area contributed by atoms with Gasteiger partial charge in [-0.3, -0.25) is 4.79 Å². The monoisotopic (exact) mass is 452 g/mol. The van der Waals surface area contributed by atoms with Crippen LogP contribution in [0.1, 0.15) is 5.56 Å². The van der Waals surface area contributed by atoms with E-state index < -0.39 is 10.0 Å². The molecular weight excluding hydrogens is 435 g/mol. The number of hydrogen-bond donors (Lipinski definition) is 0. The van der Waals surface area contributed by atoms with Crippen LogP contribution in [0.25, 0.3) is 6.08 Å². The molecular formula is C19H18BrFN2O3S. The van der Waals surface area contributed by atoms with Crippen LogP contribution in [0.15, 0.2) is 64.0 Å². The van der Waals surface area contributed by atoms with E-state index in [1.807, 2.05) is 0 Å². The molecule has 1 amide bonds. The molecule has 1 aliphatic rings. The number of piperazine rings is 1. The summed E-state index contributed by atoms with van der Waals surface area (Å²) in [6.07, 6.45) is 3.04. The zero-order chi connectivity index (χ0) is 19.4. The van der Waals surface area contributed by atoms with E-state index in [1.165, 1.54) is 22.5 Å². The predicted octanol–water partition coefficient (Wildman–Crippen LogP) is 3.13. The molecule has 8 heteroatoms. The lowest BCUT2D eigenvalue weighted by atomic mass is 10.2. The molecule has 0 aliphatic carbocycles. The summed E-state index contributed by atoms with van der Waals surface area (Å²) >= 11 is 3.29. The van der Waals surface area contributed by atoms with E-state index in [9.17, 15) is 17.6 Å². The largest absolute Gasteiger partial charge is 0.337 e. The molecule has 2 aromatic carbocycles. The molecule has 1 heterocycles. The first kappa shape index (κ1) is 19.7. The van der Waals surface area contributed by atoms with Crippen LogP contribution in [0.3, 0.4) is 0 Å². The van der Waals surface area contributed by atoms with Crippen LogP contribution in [0, 0.1) is 5.82 Å². The van der Waals surface area contributed by atoms with Crippen molar-refractivity contribution in [3.05, 3.63) is 70.5 Å². The van der Waals surface area contributed by atoms with Crippen LogP contribution in [-0.4, -0.2) is 49.7 Å². The van der Waals surface area contributed by atoms with Gasteiger partial charge in [-0.2, -0.15) is 4.31 Å². The summed E-state index contributed by atoms with van der Waals surface area (Å²) in [5.41, 5.74) is 0.723. The van der Waals surface area contributed by atoms with Crippen LogP contribution in [0.5, 0.6) is 0 Å². The minimum atomic E-state index is -3.57. The fourth-order valence-corrected chi connectivity index (χ4v) is 4.44. The van der Waals surface area contributed by atoms with Gasteiger partial charge in [0.2, 0.25) is 15.9 Å². The zero-order valence-corrected chi connectivity index (χ0v) is 16.8. The molecule has 3 rings (SSSR count). The highest BCUT2D eigenvalue weighted by molar-refractivity contribution is 9.10. The molecule has 5 nitrogen and oxygen atoms in total. The van der Waals surface area contributed by atoms with E-state index in [0.29, 0.717) is 13.1 Å². The number of carbonyl (C=O) groups is 1. The summed E-state index contributed by atoms with van der Waals surface area (Å²) in [5, 5.41) is 0. The maximum absolute atomic E-state index is 12.9. The van der Waals surface area contributed by atoms with Crippen molar-refractivity contribution in [2.45, 2.75) is 4.90 Å². The SMILES string of the molecule is O=C(C=Cc1ccc(F)cc1)N1CCN(S(=O)(=O)c2ccc(Br)cc2)CC1. The third kappa shape index (κ3) is 4.82. The number of nitrogens with zero attached hydrogens (tertiary/aromatic N) is 2. The molecule has 0 aromatic heterocycles. The van der Waals surface area contributed by atoms with E-state index in [0.717, 1.165) is 10.0 Å².